The van der Waals surface area contributed by atoms with Gasteiger partial charge in [-0.2, -0.15) is 0 Å². The van der Waals surface area contributed by atoms with Crippen molar-refractivity contribution >= 4 is 23.4 Å². The third kappa shape index (κ3) is 5.01. The molecule has 8 nitrogen and oxygen atoms in total. The van der Waals surface area contributed by atoms with Crippen molar-refractivity contribution in [1.82, 2.24) is 10.2 Å². The van der Waals surface area contributed by atoms with E-state index in [2.05, 4.69) is 10.6 Å². The lowest BCUT2D eigenvalue weighted by molar-refractivity contribution is -0.133. The number of carbonyl (C=O) groups excluding carboxylic acids is 3. The number of hydrogen-bond acceptors (Lipinski definition) is 5. The van der Waals surface area contributed by atoms with Gasteiger partial charge in [0, 0.05) is 31.4 Å². The molecule has 4 rings (SSSR count). The minimum atomic E-state index is -0.865. The highest BCUT2D eigenvalue weighted by Crippen LogP contribution is 2.32. The van der Waals surface area contributed by atoms with E-state index in [4.69, 9.17) is 9.47 Å². The second-order valence-electron chi connectivity index (χ2n) is 8.37. The Balaban J connectivity index is 1.52. The van der Waals surface area contributed by atoms with Gasteiger partial charge in [0.05, 0.1) is 24.1 Å². The van der Waals surface area contributed by atoms with E-state index < -0.39 is 23.6 Å². The van der Waals surface area contributed by atoms with Crippen LogP contribution in [0.2, 0.25) is 0 Å². The first kappa shape index (κ1) is 23.6. The highest BCUT2D eigenvalue weighted by atomic mass is 19.1. The van der Waals surface area contributed by atoms with Crippen molar-refractivity contribution in [3.05, 3.63) is 59.2 Å². The Hall–Kier alpha value is -3.53. The molecule has 0 saturated carbocycles. The Morgan fingerprint density at radius 2 is 1.85 bits per heavy atom. The maximum absolute atomic E-state index is 13.5. The number of nitrogens with zero attached hydrogens (tertiary/aromatic N) is 1. The van der Waals surface area contributed by atoms with Gasteiger partial charge in [-0.05, 0) is 43.2 Å². The van der Waals surface area contributed by atoms with Gasteiger partial charge in [0.15, 0.2) is 0 Å². The van der Waals surface area contributed by atoms with E-state index in [0.29, 0.717) is 24.7 Å². The van der Waals surface area contributed by atoms with Crippen LogP contribution in [-0.2, 0) is 9.53 Å². The topological polar surface area (TPSA) is 97.0 Å². The normalized spacial score (nSPS) is 21.9. The average molecular weight is 473 g/mol. The van der Waals surface area contributed by atoms with Crippen molar-refractivity contribution in [1.29, 1.82) is 0 Å². The highest BCUT2D eigenvalue weighted by Gasteiger charge is 2.39. The van der Waals surface area contributed by atoms with E-state index in [1.54, 1.807) is 25.1 Å². The van der Waals surface area contributed by atoms with Crippen molar-refractivity contribution < 1.29 is 32.6 Å². The fraction of sp³-hybridized carbons (Fsp3) is 0.375. The van der Waals surface area contributed by atoms with Crippen molar-refractivity contribution in [2.24, 2.45) is 0 Å². The number of ether oxygens (including phenoxy) is 2. The van der Waals surface area contributed by atoms with Gasteiger partial charge in [0.1, 0.15) is 30.1 Å². The first-order chi connectivity index (χ1) is 16.2. The number of fused-ring (bicyclic) bond motifs is 2. The molecular formula is C24H25F2N3O5. The largest absolute Gasteiger partial charge is 0.490 e. The average Bonchev–Trinajstić information content (AvgIpc) is 2.81. The molecule has 180 valence electrons. The molecule has 2 heterocycles. The first-order valence-electron chi connectivity index (χ1n) is 10.9. The lowest BCUT2D eigenvalue weighted by Crippen LogP contribution is -2.53. The minimum Gasteiger partial charge on any atom is -0.490 e. The standard InChI is InChI=1S/C24H25F2N3O5/c1-27-22(30)11-17-4-5-19-21(34-17)12-33-20-6-3-16(10-18(20)24(32)29(19)2)28-23(31)13-7-14(25)9-15(26)8-13/h3,6-10,17,19,21H,4-5,11-12H2,1-2H3,(H,27,30)(H,28,31)/t17-,19-,21+/m1/s1. The number of likely N-dealkylation sites (N-methyl/N-ethyl adjacent to an activating group) is 1. The predicted molar refractivity (Wildman–Crippen MR) is 119 cm³/mol. The third-order valence-electron chi connectivity index (χ3n) is 6.09. The molecule has 0 aromatic heterocycles. The summed E-state index contributed by atoms with van der Waals surface area (Å²) >= 11 is 0. The predicted octanol–water partition coefficient (Wildman–Crippen LogP) is 2.73. The van der Waals surface area contributed by atoms with Gasteiger partial charge in [0.25, 0.3) is 11.8 Å². The molecule has 10 heteroatoms. The highest BCUT2D eigenvalue weighted by molar-refractivity contribution is 6.05. The zero-order valence-corrected chi connectivity index (χ0v) is 18.8. The molecule has 0 radical (unpaired) electrons. The zero-order valence-electron chi connectivity index (χ0n) is 18.8. The summed E-state index contributed by atoms with van der Waals surface area (Å²) in [7, 11) is 3.25. The second kappa shape index (κ2) is 9.76. The number of hydrogen-bond donors (Lipinski definition) is 2. The molecule has 1 fully saturated rings. The van der Waals surface area contributed by atoms with Crippen LogP contribution in [0, 0.1) is 11.6 Å². The fourth-order valence-electron chi connectivity index (χ4n) is 4.30. The van der Waals surface area contributed by atoms with Crippen LogP contribution in [0.4, 0.5) is 14.5 Å². The summed E-state index contributed by atoms with van der Waals surface area (Å²) in [6.45, 7) is 0.188. The number of halogens is 2. The fourth-order valence-corrected chi connectivity index (χ4v) is 4.30. The van der Waals surface area contributed by atoms with Crippen molar-refractivity contribution in [3.63, 3.8) is 0 Å². The van der Waals surface area contributed by atoms with Crippen LogP contribution < -0.4 is 15.4 Å². The van der Waals surface area contributed by atoms with Crippen LogP contribution in [0.1, 0.15) is 40.0 Å². The van der Waals surface area contributed by atoms with E-state index in [9.17, 15) is 23.2 Å². The molecule has 1 saturated heterocycles. The summed E-state index contributed by atoms with van der Waals surface area (Å²) in [5.41, 5.74) is 0.343. The number of benzene rings is 2. The van der Waals surface area contributed by atoms with Gasteiger partial charge >= 0.3 is 0 Å². The molecule has 3 amide bonds. The van der Waals surface area contributed by atoms with Gasteiger partial charge in [-0.1, -0.05) is 0 Å². The van der Waals surface area contributed by atoms with Gasteiger partial charge in [-0.25, -0.2) is 8.78 Å². The van der Waals surface area contributed by atoms with Crippen LogP contribution in [0.5, 0.6) is 5.75 Å². The van der Waals surface area contributed by atoms with Gasteiger partial charge in [0.2, 0.25) is 5.91 Å². The molecule has 34 heavy (non-hydrogen) atoms. The lowest BCUT2D eigenvalue weighted by atomic mass is 9.94. The van der Waals surface area contributed by atoms with Crippen LogP contribution in [-0.4, -0.2) is 61.6 Å². The smallest absolute Gasteiger partial charge is 0.257 e. The van der Waals surface area contributed by atoms with E-state index in [0.717, 1.165) is 12.1 Å². The summed E-state index contributed by atoms with van der Waals surface area (Å²) in [4.78, 5) is 39.0. The Morgan fingerprint density at radius 1 is 1.12 bits per heavy atom. The summed E-state index contributed by atoms with van der Waals surface area (Å²) in [6, 6.07) is 6.85. The van der Waals surface area contributed by atoms with Crippen LogP contribution in [0.3, 0.4) is 0 Å². The molecule has 0 unspecified atom stereocenters. The SMILES string of the molecule is CNC(=O)C[C@H]1CC[C@@H]2[C@H](COc3ccc(NC(=O)c4cc(F)cc(F)c4)cc3C(=O)N2C)O1. The summed E-state index contributed by atoms with van der Waals surface area (Å²) in [5.74, 6) is -2.55. The second-order valence-corrected chi connectivity index (χ2v) is 8.37. The molecule has 0 spiro atoms. The van der Waals surface area contributed by atoms with E-state index >= 15 is 0 Å². The van der Waals surface area contributed by atoms with Crippen LogP contribution in [0.25, 0.3) is 0 Å². The van der Waals surface area contributed by atoms with Crippen molar-refractivity contribution in [2.45, 2.75) is 37.5 Å². The quantitative estimate of drug-likeness (QED) is 0.712. The van der Waals surface area contributed by atoms with Crippen LogP contribution >= 0.6 is 0 Å². The number of rotatable bonds is 4. The monoisotopic (exact) mass is 473 g/mol. The lowest BCUT2D eigenvalue weighted by Gasteiger charge is -2.42. The molecule has 2 aromatic carbocycles. The van der Waals surface area contributed by atoms with Gasteiger partial charge in [-0.15, -0.1) is 0 Å². The van der Waals surface area contributed by atoms with E-state index in [1.807, 2.05) is 0 Å². The minimum absolute atomic E-state index is 0.111. The summed E-state index contributed by atoms with van der Waals surface area (Å²) < 4.78 is 38.9. The molecule has 2 aliphatic rings. The maximum Gasteiger partial charge on any atom is 0.257 e. The van der Waals surface area contributed by atoms with Gasteiger partial charge in [-0.3, -0.25) is 14.4 Å². The molecule has 3 atom stereocenters. The number of anilines is 1. The number of amides is 3. The van der Waals surface area contributed by atoms with Gasteiger partial charge < -0.3 is 25.0 Å². The Bertz CT molecular complexity index is 1110. The van der Waals surface area contributed by atoms with Crippen LogP contribution in [0.15, 0.2) is 36.4 Å². The number of carbonyl (C=O) groups is 3. The maximum atomic E-state index is 13.5. The van der Waals surface area contributed by atoms with Crippen molar-refractivity contribution in [3.8, 4) is 5.75 Å². The molecular weight excluding hydrogens is 448 g/mol. The summed E-state index contributed by atoms with van der Waals surface area (Å²) in [6.07, 6.45) is 0.866. The molecule has 2 aliphatic heterocycles. The number of nitrogens with one attached hydrogen (secondary N) is 2. The first-order valence-corrected chi connectivity index (χ1v) is 10.9. The molecule has 0 bridgehead atoms. The molecule has 0 aliphatic carbocycles. The zero-order chi connectivity index (χ0) is 24.4. The Labute approximate surface area is 195 Å². The Morgan fingerprint density at radius 3 is 2.56 bits per heavy atom. The van der Waals surface area contributed by atoms with E-state index in [-0.39, 0.29) is 53.8 Å². The molecule has 2 aromatic rings. The molecule has 2 N–H and O–H groups in total. The summed E-state index contributed by atoms with van der Waals surface area (Å²) in [5, 5.41) is 5.15. The van der Waals surface area contributed by atoms with E-state index in [1.165, 1.54) is 12.1 Å². The van der Waals surface area contributed by atoms with Crippen molar-refractivity contribution in [2.75, 3.05) is 26.0 Å². The Kier molecular flexibility index (Phi) is 6.78. The third-order valence-corrected chi connectivity index (χ3v) is 6.09.